The van der Waals surface area contributed by atoms with E-state index in [0.29, 0.717) is 40.5 Å². The zero-order valence-corrected chi connectivity index (χ0v) is 18.6. The van der Waals surface area contributed by atoms with Gasteiger partial charge >= 0.3 is 0 Å². The summed E-state index contributed by atoms with van der Waals surface area (Å²) in [5, 5.41) is 10.9. The number of anilines is 2. The Morgan fingerprint density at radius 1 is 1.07 bits per heavy atom. The van der Waals surface area contributed by atoms with E-state index in [0.717, 1.165) is 16.7 Å². The Morgan fingerprint density at radius 3 is 2.40 bits per heavy atom. The van der Waals surface area contributed by atoms with Crippen LogP contribution in [0.2, 0.25) is 5.02 Å². The molecule has 3 aromatic rings. The number of rotatable bonds is 5. The summed E-state index contributed by atoms with van der Waals surface area (Å²) in [4.78, 5) is 11.1. The van der Waals surface area contributed by atoms with Crippen LogP contribution in [-0.2, 0) is 11.4 Å². The van der Waals surface area contributed by atoms with Gasteiger partial charge in [-0.2, -0.15) is 9.71 Å². The van der Waals surface area contributed by atoms with Crippen molar-refractivity contribution in [3.05, 3.63) is 64.7 Å². The van der Waals surface area contributed by atoms with Crippen LogP contribution in [0.5, 0.6) is 0 Å². The van der Waals surface area contributed by atoms with Gasteiger partial charge in [-0.25, -0.2) is 4.98 Å². The van der Waals surface area contributed by atoms with Crippen molar-refractivity contribution in [2.24, 2.45) is 0 Å². The lowest BCUT2D eigenvalue weighted by molar-refractivity contribution is 0.0305. The molecule has 8 heteroatoms. The summed E-state index contributed by atoms with van der Waals surface area (Å²) in [5.74, 6) is 1.14. The summed E-state index contributed by atoms with van der Waals surface area (Å²) in [6.45, 7) is 6.82. The first kappa shape index (κ1) is 20.9. The van der Waals surface area contributed by atoms with Crippen molar-refractivity contribution in [1.29, 1.82) is 0 Å². The second kappa shape index (κ2) is 8.07. The molecule has 30 heavy (non-hydrogen) atoms. The zero-order valence-electron chi connectivity index (χ0n) is 17.0. The first-order valence-electron chi connectivity index (χ1n) is 9.59. The van der Waals surface area contributed by atoms with Gasteiger partial charge in [0, 0.05) is 24.7 Å². The first-order chi connectivity index (χ1) is 14.2. The monoisotopic (exact) mass is 442 g/mol. The average Bonchev–Trinajstić information content (AvgIpc) is 2.68. The molecule has 0 spiro atoms. The van der Waals surface area contributed by atoms with Crippen LogP contribution in [-0.4, -0.2) is 38.3 Å². The number of nitrogens with one attached hydrogen (secondary N) is 1. The number of halogens is 1. The number of pyridine rings is 2. The van der Waals surface area contributed by atoms with Crippen LogP contribution >= 0.6 is 11.6 Å². The Labute approximate surface area is 184 Å². The van der Waals surface area contributed by atoms with Gasteiger partial charge in [0.15, 0.2) is 5.82 Å². The van der Waals surface area contributed by atoms with Crippen molar-refractivity contribution < 1.29 is 9.66 Å². The molecule has 0 saturated carbocycles. The van der Waals surface area contributed by atoms with Crippen LogP contribution in [0, 0.1) is 13.8 Å². The van der Waals surface area contributed by atoms with Crippen molar-refractivity contribution in [2.75, 3.05) is 22.7 Å². The zero-order chi connectivity index (χ0) is 21.5. The Balaban J connectivity index is 1.57. The Bertz CT molecular complexity index is 1060. The number of benzene rings is 1. The highest BCUT2D eigenvalue weighted by Gasteiger charge is 2.37. The Morgan fingerprint density at radius 2 is 1.73 bits per heavy atom. The van der Waals surface area contributed by atoms with Crippen LogP contribution in [0.3, 0.4) is 0 Å². The molecule has 0 radical (unpaired) electrons. The summed E-state index contributed by atoms with van der Waals surface area (Å²) in [6.07, 6.45) is 0. The molecule has 6 nitrogen and oxygen atoms in total. The third-order valence-corrected chi connectivity index (χ3v) is 6.35. The van der Waals surface area contributed by atoms with Crippen LogP contribution < -0.4 is 9.62 Å². The second-order valence-corrected chi connectivity index (χ2v) is 9.42. The number of hydrogen-bond donors (Lipinski definition) is 2. The van der Waals surface area contributed by atoms with E-state index in [1.165, 1.54) is 0 Å². The maximum absolute atomic E-state index is 12.9. The third kappa shape index (κ3) is 4.25. The SMILES string of the molecule is Cc1cccc(C)c1-c1nc(N[S+]([O-])c2cccc(N3CC(C)(O)C3)n2)ccc1Cl. The topological polar surface area (TPSA) is 84.3 Å². The minimum atomic E-state index is -1.60. The number of aryl methyl sites for hydroxylation is 2. The molecule has 1 atom stereocenters. The van der Waals surface area contributed by atoms with E-state index in [-0.39, 0.29) is 0 Å². The maximum Gasteiger partial charge on any atom is 0.273 e. The van der Waals surface area contributed by atoms with Crippen LogP contribution in [0.15, 0.2) is 53.6 Å². The molecule has 1 aliphatic rings. The van der Waals surface area contributed by atoms with E-state index in [4.69, 9.17) is 11.6 Å². The summed E-state index contributed by atoms with van der Waals surface area (Å²) >= 11 is 4.83. The van der Waals surface area contributed by atoms with E-state index >= 15 is 0 Å². The standard InChI is InChI=1S/C22H23ClN4O2S/c1-14-6-4-7-15(2)20(14)21-16(23)10-11-17(24-21)26-30(29)19-9-5-8-18(25-19)27-12-22(3,28)13-27/h4-11,28H,12-13H2,1-3H3,(H,24,26). The van der Waals surface area contributed by atoms with Gasteiger partial charge in [0.1, 0.15) is 17.2 Å². The Hall–Kier alpha value is -2.32. The molecule has 1 fully saturated rings. The van der Waals surface area contributed by atoms with Crippen molar-refractivity contribution in [3.63, 3.8) is 0 Å². The first-order valence-corrected chi connectivity index (χ1v) is 11.1. The molecule has 4 rings (SSSR count). The normalized spacial score (nSPS) is 16.1. The quantitative estimate of drug-likeness (QED) is 0.578. The van der Waals surface area contributed by atoms with Gasteiger partial charge in [0.2, 0.25) is 0 Å². The van der Waals surface area contributed by atoms with Gasteiger partial charge in [0.05, 0.1) is 16.3 Å². The lowest BCUT2D eigenvalue weighted by Crippen LogP contribution is -2.60. The molecule has 3 heterocycles. The minimum Gasteiger partial charge on any atom is -0.587 e. The van der Waals surface area contributed by atoms with Crippen molar-refractivity contribution in [3.8, 4) is 11.3 Å². The van der Waals surface area contributed by atoms with Gasteiger partial charge in [0.25, 0.3) is 5.03 Å². The summed E-state index contributed by atoms with van der Waals surface area (Å²) in [5.41, 5.74) is 3.07. The number of nitrogens with zero attached hydrogens (tertiary/aromatic N) is 3. The fourth-order valence-corrected chi connectivity index (χ4v) is 4.62. The van der Waals surface area contributed by atoms with Crippen LogP contribution in [0.25, 0.3) is 11.3 Å². The molecule has 0 bridgehead atoms. The molecular weight excluding hydrogens is 420 g/mol. The molecule has 0 aliphatic carbocycles. The fourth-order valence-electron chi connectivity index (χ4n) is 3.63. The third-order valence-electron chi connectivity index (χ3n) is 5.05. The predicted molar refractivity (Wildman–Crippen MR) is 121 cm³/mol. The highest BCUT2D eigenvalue weighted by Crippen LogP contribution is 2.33. The predicted octanol–water partition coefficient (Wildman–Crippen LogP) is 4.12. The average molecular weight is 443 g/mol. The van der Waals surface area contributed by atoms with Gasteiger partial charge in [-0.05, 0) is 50.1 Å². The molecule has 1 aromatic carbocycles. The van der Waals surface area contributed by atoms with Crippen LogP contribution in [0.1, 0.15) is 18.1 Å². The van der Waals surface area contributed by atoms with Crippen molar-refractivity contribution in [1.82, 2.24) is 9.97 Å². The highest BCUT2D eigenvalue weighted by atomic mass is 35.5. The van der Waals surface area contributed by atoms with Crippen LogP contribution in [0.4, 0.5) is 11.6 Å². The smallest absolute Gasteiger partial charge is 0.273 e. The lowest BCUT2D eigenvalue weighted by Gasteiger charge is -2.44. The second-order valence-electron chi connectivity index (χ2n) is 7.85. The molecule has 156 valence electrons. The molecule has 1 saturated heterocycles. The highest BCUT2D eigenvalue weighted by molar-refractivity contribution is 7.92. The number of hydrogen-bond acceptors (Lipinski definition) is 6. The number of aromatic nitrogens is 2. The number of aliphatic hydroxyl groups is 1. The number of β-amino-alcohol motifs (C(OH)–C–C–N with tert-alkyl or cyclic N) is 1. The van der Waals surface area contributed by atoms with Crippen molar-refractivity contribution >= 4 is 34.6 Å². The maximum atomic E-state index is 12.9. The Kier molecular flexibility index (Phi) is 5.63. The van der Waals surface area contributed by atoms with E-state index in [2.05, 4.69) is 14.7 Å². The summed E-state index contributed by atoms with van der Waals surface area (Å²) in [6, 6.07) is 14.8. The minimum absolute atomic E-state index is 0.393. The van der Waals surface area contributed by atoms with Crippen molar-refractivity contribution in [2.45, 2.75) is 31.4 Å². The largest absolute Gasteiger partial charge is 0.587 e. The van der Waals surface area contributed by atoms with Gasteiger partial charge < -0.3 is 14.6 Å². The summed E-state index contributed by atoms with van der Waals surface area (Å²) in [7, 11) is 0. The van der Waals surface area contributed by atoms with E-state index in [9.17, 15) is 9.66 Å². The lowest BCUT2D eigenvalue weighted by atomic mass is 9.97. The summed E-state index contributed by atoms with van der Waals surface area (Å²) < 4.78 is 15.8. The molecule has 0 amide bonds. The molecule has 1 aliphatic heterocycles. The van der Waals surface area contributed by atoms with E-state index < -0.39 is 17.0 Å². The molecule has 2 N–H and O–H groups in total. The van der Waals surface area contributed by atoms with E-state index in [1.54, 1.807) is 25.1 Å². The molecular formula is C22H23ClN4O2S. The van der Waals surface area contributed by atoms with Gasteiger partial charge in [-0.15, -0.1) is 0 Å². The van der Waals surface area contributed by atoms with Gasteiger partial charge in [-0.3, -0.25) is 0 Å². The van der Waals surface area contributed by atoms with Gasteiger partial charge in [-0.1, -0.05) is 35.9 Å². The fraction of sp³-hybridized carbons (Fsp3) is 0.273. The molecule has 1 unspecified atom stereocenters. The molecule has 2 aromatic heterocycles. The van der Waals surface area contributed by atoms with E-state index in [1.807, 2.05) is 49.1 Å².